The SMILES string of the molecule is CC(C)(C)c1cc(/C=N\NC(=O)c2cc(Br)ccc2O)cc(C(C)(C)C)c1O. The lowest BCUT2D eigenvalue weighted by atomic mass is 9.78. The van der Waals surface area contributed by atoms with Crippen molar-refractivity contribution in [2.75, 3.05) is 0 Å². The average molecular weight is 447 g/mol. The third-order valence-corrected chi connectivity index (χ3v) is 4.82. The molecule has 0 unspecified atom stereocenters. The highest BCUT2D eigenvalue weighted by Gasteiger charge is 2.26. The number of hydrogen-bond acceptors (Lipinski definition) is 4. The molecule has 0 aliphatic heterocycles. The van der Waals surface area contributed by atoms with Crippen molar-refractivity contribution in [2.45, 2.75) is 52.4 Å². The van der Waals surface area contributed by atoms with E-state index in [0.717, 1.165) is 16.7 Å². The van der Waals surface area contributed by atoms with Gasteiger partial charge in [-0.15, -0.1) is 0 Å². The molecule has 6 heteroatoms. The summed E-state index contributed by atoms with van der Waals surface area (Å²) in [5.41, 5.74) is 4.46. The van der Waals surface area contributed by atoms with Crippen LogP contribution >= 0.6 is 15.9 Å². The topological polar surface area (TPSA) is 81.9 Å². The molecule has 5 nitrogen and oxygen atoms in total. The predicted molar refractivity (Wildman–Crippen MR) is 116 cm³/mol. The van der Waals surface area contributed by atoms with Crippen molar-refractivity contribution in [3.8, 4) is 11.5 Å². The maximum Gasteiger partial charge on any atom is 0.275 e. The zero-order valence-electron chi connectivity index (χ0n) is 17.1. The van der Waals surface area contributed by atoms with Gasteiger partial charge in [-0.2, -0.15) is 5.10 Å². The lowest BCUT2D eigenvalue weighted by molar-refractivity contribution is 0.0952. The molecule has 0 saturated heterocycles. The van der Waals surface area contributed by atoms with Gasteiger partial charge in [0.25, 0.3) is 5.91 Å². The summed E-state index contributed by atoms with van der Waals surface area (Å²) >= 11 is 3.28. The van der Waals surface area contributed by atoms with Gasteiger partial charge < -0.3 is 10.2 Å². The lowest BCUT2D eigenvalue weighted by Crippen LogP contribution is -2.19. The fourth-order valence-corrected chi connectivity index (χ4v) is 3.15. The molecular weight excluding hydrogens is 420 g/mol. The zero-order chi connectivity index (χ0) is 21.3. The maximum atomic E-state index is 12.3. The first kappa shape index (κ1) is 22.0. The average Bonchev–Trinajstić information content (AvgIpc) is 2.56. The predicted octanol–water partition coefficient (Wildman–Crippen LogP) is 5.22. The van der Waals surface area contributed by atoms with E-state index in [9.17, 15) is 15.0 Å². The van der Waals surface area contributed by atoms with Crippen molar-refractivity contribution < 1.29 is 15.0 Å². The molecule has 2 aromatic rings. The van der Waals surface area contributed by atoms with E-state index in [1.165, 1.54) is 18.3 Å². The number of phenols is 2. The molecule has 1 amide bonds. The van der Waals surface area contributed by atoms with Crippen molar-refractivity contribution in [1.82, 2.24) is 5.43 Å². The van der Waals surface area contributed by atoms with Crippen molar-refractivity contribution in [1.29, 1.82) is 0 Å². The van der Waals surface area contributed by atoms with Crippen LogP contribution in [-0.4, -0.2) is 22.3 Å². The molecule has 0 fully saturated rings. The number of rotatable bonds is 3. The third-order valence-electron chi connectivity index (χ3n) is 4.33. The highest BCUT2D eigenvalue weighted by molar-refractivity contribution is 9.10. The number of amides is 1. The number of phenolic OH excluding ortho intramolecular Hbond substituents is 2. The van der Waals surface area contributed by atoms with E-state index >= 15 is 0 Å². The van der Waals surface area contributed by atoms with E-state index in [1.54, 1.807) is 6.07 Å². The number of hydrogen-bond donors (Lipinski definition) is 3. The summed E-state index contributed by atoms with van der Waals surface area (Å²) in [7, 11) is 0. The number of aromatic hydroxyl groups is 2. The normalized spacial score (nSPS) is 12.4. The van der Waals surface area contributed by atoms with Gasteiger partial charge in [-0.05, 0) is 46.7 Å². The molecule has 0 heterocycles. The number of halogens is 1. The van der Waals surface area contributed by atoms with Gasteiger partial charge in [0.05, 0.1) is 11.8 Å². The fraction of sp³-hybridized carbons (Fsp3) is 0.364. The summed E-state index contributed by atoms with van der Waals surface area (Å²) in [4.78, 5) is 12.3. The number of nitrogens with zero attached hydrogens (tertiary/aromatic N) is 1. The van der Waals surface area contributed by atoms with E-state index in [2.05, 4.69) is 26.5 Å². The molecule has 0 radical (unpaired) electrons. The van der Waals surface area contributed by atoms with Crippen LogP contribution < -0.4 is 5.43 Å². The molecule has 0 spiro atoms. The summed E-state index contributed by atoms with van der Waals surface area (Å²) < 4.78 is 0.683. The highest BCUT2D eigenvalue weighted by Crippen LogP contribution is 2.39. The summed E-state index contributed by atoms with van der Waals surface area (Å²) in [5.74, 6) is -0.341. The van der Waals surface area contributed by atoms with E-state index in [4.69, 9.17) is 0 Å². The summed E-state index contributed by atoms with van der Waals surface area (Å²) in [6.45, 7) is 12.2. The summed E-state index contributed by atoms with van der Waals surface area (Å²) in [6, 6.07) is 8.35. The minimum atomic E-state index is -0.513. The minimum Gasteiger partial charge on any atom is -0.507 e. The first-order valence-electron chi connectivity index (χ1n) is 9.00. The first-order chi connectivity index (χ1) is 12.8. The van der Waals surface area contributed by atoms with Crippen molar-refractivity contribution in [2.24, 2.45) is 5.10 Å². The molecule has 0 aliphatic carbocycles. The number of nitrogens with one attached hydrogen (secondary N) is 1. The Balaban J connectivity index is 2.35. The summed E-state index contributed by atoms with van der Waals surface area (Å²) in [6.07, 6.45) is 1.54. The molecule has 3 N–H and O–H groups in total. The Kier molecular flexibility index (Phi) is 6.24. The van der Waals surface area contributed by atoms with Gasteiger partial charge in [-0.25, -0.2) is 5.43 Å². The van der Waals surface area contributed by atoms with Gasteiger partial charge in [0.15, 0.2) is 0 Å². The molecule has 2 rings (SSSR count). The standard InChI is InChI=1S/C22H27BrN2O3/c1-21(2,3)16-9-13(10-17(19(16)27)22(4,5)6)12-24-25-20(28)15-11-14(23)7-8-18(15)26/h7-12,26-27H,1-6H3,(H,25,28)/b24-12-. The van der Waals surface area contributed by atoms with Gasteiger partial charge in [0, 0.05) is 15.6 Å². The summed E-state index contributed by atoms with van der Waals surface area (Å²) in [5, 5.41) is 24.6. The van der Waals surface area contributed by atoms with Crippen molar-refractivity contribution >= 4 is 28.1 Å². The van der Waals surface area contributed by atoms with Crippen LogP contribution in [0.4, 0.5) is 0 Å². The smallest absolute Gasteiger partial charge is 0.275 e. The molecule has 0 aromatic heterocycles. The monoisotopic (exact) mass is 446 g/mol. The van der Waals surface area contributed by atoms with Crippen LogP contribution in [0.1, 0.15) is 68.6 Å². The highest BCUT2D eigenvalue weighted by atomic mass is 79.9. The molecule has 28 heavy (non-hydrogen) atoms. The fourth-order valence-electron chi connectivity index (χ4n) is 2.79. The largest absolute Gasteiger partial charge is 0.507 e. The molecule has 0 aliphatic rings. The van der Waals surface area contributed by atoms with Crippen LogP contribution in [0.5, 0.6) is 11.5 Å². The van der Waals surface area contributed by atoms with E-state index < -0.39 is 5.91 Å². The van der Waals surface area contributed by atoms with Crippen LogP contribution in [0, 0.1) is 0 Å². The van der Waals surface area contributed by atoms with Crippen molar-refractivity contribution in [3.63, 3.8) is 0 Å². The van der Waals surface area contributed by atoms with Gasteiger partial charge in [-0.3, -0.25) is 4.79 Å². The van der Waals surface area contributed by atoms with Crippen LogP contribution in [0.25, 0.3) is 0 Å². The zero-order valence-corrected chi connectivity index (χ0v) is 18.7. The molecule has 150 valence electrons. The molecule has 0 saturated carbocycles. The number of carbonyl (C=O) groups excluding carboxylic acids is 1. The molecule has 2 aromatic carbocycles. The first-order valence-corrected chi connectivity index (χ1v) is 9.80. The Morgan fingerprint density at radius 3 is 2.04 bits per heavy atom. The second-order valence-electron chi connectivity index (χ2n) is 8.83. The lowest BCUT2D eigenvalue weighted by Gasteiger charge is -2.27. The quantitative estimate of drug-likeness (QED) is 0.446. The Bertz CT molecular complexity index is 887. The molecular formula is C22H27BrN2O3. The van der Waals surface area contributed by atoms with Crippen LogP contribution in [0.3, 0.4) is 0 Å². The van der Waals surface area contributed by atoms with Gasteiger partial charge in [0.2, 0.25) is 0 Å². The van der Waals surface area contributed by atoms with E-state index in [-0.39, 0.29) is 22.1 Å². The van der Waals surface area contributed by atoms with Gasteiger partial charge >= 0.3 is 0 Å². The van der Waals surface area contributed by atoms with Gasteiger partial charge in [0.1, 0.15) is 11.5 Å². The van der Waals surface area contributed by atoms with Crippen LogP contribution in [0.15, 0.2) is 39.9 Å². The third kappa shape index (κ3) is 5.13. The second-order valence-corrected chi connectivity index (χ2v) is 9.74. The van der Waals surface area contributed by atoms with Crippen molar-refractivity contribution in [3.05, 3.63) is 57.1 Å². The van der Waals surface area contributed by atoms with Crippen LogP contribution in [-0.2, 0) is 10.8 Å². The van der Waals surface area contributed by atoms with E-state index in [1.807, 2.05) is 53.7 Å². The maximum absolute atomic E-state index is 12.3. The van der Waals surface area contributed by atoms with Crippen LogP contribution in [0.2, 0.25) is 0 Å². The molecule has 0 atom stereocenters. The minimum absolute atomic E-state index is 0.120. The van der Waals surface area contributed by atoms with E-state index in [0.29, 0.717) is 10.2 Å². The molecule has 0 bridgehead atoms. The number of carbonyl (C=O) groups is 1. The van der Waals surface area contributed by atoms with Gasteiger partial charge in [-0.1, -0.05) is 57.5 Å². The number of benzene rings is 2. The second kappa shape index (κ2) is 7.95. The Morgan fingerprint density at radius 1 is 1.00 bits per heavy atom. The Labute approximate surface area is 174 Å². The Hall–Kier alpha value is -2.34. The Morgan fingerprint density at radius 2 is 1.54 bits per heavy atom. The number of hydrazone groups is 1.